The SMILES string of the molecule is CCCCC(Nc1cccc2ccccc12)Oc1cccc(N(S)C(N)=O)c1. The second kappa shape index (κ2) is 9.37. The summed E-state index contributed by atoms with van der Waals surface area (Å²) in [4.78, 5) is 11.4. The molecule has 1 unspecified atom stereocenters. The first kappa shape index (κ1) is 19.9. The molecule has 0 saturated heterocycles. The Labute approximate surface area is 171 Å². The number of carbonyl (C=O) groups excluding carboxylic acids is 1. The van der Waals surface area contributed by atoms with E-state index in [2.05, 4.69) is 49.3 Å². The topological polar surface area (TPSA) is 67.6 Å². The molecule has 28 heavy (non-hydrogen) atoms. The zero-order chi connectivity index (χ0) is 19.9. The van der Waals surface area contributed by atoms with E-state index in [-0.39, 0.29) is 6.23 Å². The third-order valence-corrected chi connectivity index (χ3v) is 4.90. The van der Waals surface area contributed by atoms with Gasteiger partial charge in [-0.3, -0.25) is 0 Å². The molecular formula is C22H25N3O2S. The number of unbranched alkanes of at least 4 members (excludes halogenated alkanes) is 1. The number of hydrogen-bond donors (Lipinski definition) is 3. The van der Waals surface area contributed by atoms with Crippen LogP contribution >= 0.6 is 12.8 Å². The molecule has 0 aliphatic heterocycles. The predicted molar refractivity (Wildman–Crippen MR) is 119 cm³/mol. The molecule has 2 amide bonds. The molecule has 146 valence electrons. The fraction of sp³-hybridized carbons (Fsp3) is 0.227. The van der Waals surface area contributed by atoms with Crippen LogP contribution in [-0.4, -0.2) is 12.3 Å². The van der Waals surface area contributed by atoms with Crippen LogP contribution in [0, 0.1) is 0 Å². The molecule has 0 bridgehead atoms. The smallest absolute Gasteiger partial charge is 0.329 e. The van der Waals surface area contributed by atoms with Crippen LogP contribution < -0.4 is 20.1 Å². The van der Waals surface area contributed by atoms with E-state index in [0.717, 1.165) is 34.6 Å². The second-order valence-corrected chi connectivity index (χ2v) is 6.97. The van der Waals surface area contributed by atoms with Gasteiger partial charge in [-0.25, -0.2) is 9.10 Å². The summed E-state index contributed by atoms with van der Waals surface area (Å²) in [6, 6.07) is 21.0. The zero-order valence-electron chi connectivity index (χ0n) is 15.8. The van der Waals surface area contributed by atoms with Gasteiger partial charge in [0, 0.05) is 23.6 Å². The first-order chi connectivity index (χ1) is 13.6. The van der Waals surface area contributed by atoms with Crippen molar-refractivity contribution in [1.82, 2.24) is 0 Å². The highest BCUT2D eigenvalue weighted by atomic mass is 32.1. The Morgan fingerprint density at radius 3 is 2.68 bits per heavy atom. The molecule has 3 N–H and O–H groups in total. The lowest BCUT2D eigenvalue weighted by Gasteiger charge is -2.23. The zero-order valence-corrected chi connectivity index (χ0v) is 16.7. The summed E-state index contributed by atoms with van der Waals surface area (Å²) in [6.45, 7) is 2.15. The number of rotatable bonds is 8. The third kappa shape index (κ3) is 4.89. The molecule has 0 heterocycles. The molecule has 0 saturated carbocycles. The van der Waals surface area contributed by atoms with E-state index in [0.29, 0.717) is 11.4 Å². The Morgan fingerprint density at radius 1 is 1.14 bits per heavy atom. The molecule has 0 spiro atoms. The van der Waals surface area contributed by atoms with Gasteiger partial charge in [-0.05, 0) is 30.0 Å². The average Bonchev–Trinajstić information content (AvgIpc) is 2.72. The lowest BCUT2D eigenvalue weighted by molar-refractivity contribution is 0.216. The van der Waals surface area contributed by atoms with Crippen LogP contribution in [0.1, 0.15) is 26.2 Å². The lowest BCUT2D eigenvalue weighted by Crippen LogP contribution is -2.28. The van der Waals surface area contributed by atoms with E-state index in [4.69, 9.17) is 10.5 Å². The van der Waals surface area contributed by atoms with Gasteiger partial charge >= 0.3 is 6.03 Å². The highest BCUT2D eigenvalue weighted by Gasteiger charge is 2.14. The van der Waals surface area contributed by atoms with Gasteiger partial charge in [0.1, 0.15) is 5.75 Å². The Balaban J connectivity index is 1.83. The molecule has 0 aliphatic carbocycles. The first-order valence-electron chi connectivity index (χ1n) is 9.38. The van der Waals surface area contributed by atoms with Crippen LogP contribution in [0.2, 0.25) is 0 Å². The number of urea groups is 1. The summed E-state index contributed by atoms with van der Waals surface area (Å²) in [7, 11) is 0. The molecule has 3 rings (SSSR count). The van der Waals surface area contributed by atoms with Crippen LogP contribution in [0.3, 0.4) is 0 Å². The van der Waals surface area contributed by atoms with Crippen molar-refractivity contribution in [2.24, 2.45) is 5.73 Å². The number of hydrogen-bond acceptors (Lipinski definition) is 4. The Kier molecular flexibility index (Phi) is 6.66. The lowest BCUT2D eigenvalue weighted by atomic mass is 10.1. The van der Waals surface area contributed by atoms with Gasteiger partial charge < -0.3 is 15.8 Å². The van der Waals surface area contributed by atoms with Crippen molar-refractivity contribution in [2.45, 2.75) is 32.4 Å². The summed E-state index contributed by atoms with van der Waals surface area (Å²) >= 11 is 4.12. The van der Waals surface area contributed by atoms with Crippen LogP contribution in [0.25, 0.3) is 10.8 Å². The monoisotopic (exact) mass is 395 g/mol. The van der Waals surface area contributed by atoms with Gasteiger partial charge in [0.05, 0.1) is 5.69 Å². The Morgan fingerprint density at radius 2 is 1.89 bits per heavy atom. The quantitative estimate of drug-likeness (QED) is 0.345. The normalized spacial score (nSPS) is 11.8. The molecule has 5 nitrogen and oxygen atoms in total. The minimum atomic E-state index is -0.642. The summed E-state index contributed by atoms with van der Waals surface area (Å²) in [5.74, 6) is 0.645. The summed E-state index contributed by atoms with van der Waals surface area (Å²) in [5, 5.41) is 5.86. The highest BCUT2D eigenvalue weighted by Crippen LogP contribution is 2.27. The van der Waals surface area contributed by atoms with Crippen molar-refractivity contribution in [3.8, 4) is 5.75 Å². The van der Waals surface area contributed by atoms with Crippen LogP contribution in [0.15, 0.2) is 66.7 Å². The minimum absolute atomic E-state index is 0.206. The summed E-state index contributed by atoms with van der Waals surface area (Å²) in [5.41, 5.74) is 6.89. The molecule has 1 atom stereocenters. The fourth-order valence-corrected chi connectivity index (χ4v) is 3.18. The largest absolute Gasteiger partial charge is 0.471 e. The van der Waals surface area contributed by atoms with E-state index < -0.39 is 6.03 Å². The number of benzene rings is 3. The number of primary amides is 1. The Hall–Kier alpha value is -2.86. The van der Waals surface area contributed by atoms with E-state index in [1.807, 2.05) is 30.3 Å². The number of nitrogens with zero attached hydrogens (tertiary/aromatic N) is 1. The molecule has 0 fully saturated rings. The van der Waals surface area contributed by atoms with Gasteiger partial charge in [-0.15, -0.1) is 0 Å². The maximum atomic E-state index is 11.4. The maximum Gasteiger partial charge on any atom is 0.329 e. The van der Waals surface area contributed by atoms with Gasteiger partial charge in [-0.1, -0.05) is 68.6 Å². The first-order valence-corrected chi connectivity index (χ1v) is 9.78. The van der Waals surface area contributed by atoms with Crippen molar-refractivity contribution in [3.63, 3.8) is 0 Å². The highest BCUT2D eigenvalue weighted by molar-refractivity contribution is 7.82. The van der Waals surface area contributed by atoms with E-state index in [1.54, 1.807) is 12.1 Å². The van der Waals surface area contributed by atoms with E-state index in [1.165, 1.54) is 5.39 Å². The number of nitrogens with two attached hydrogens (primary N) is 1. The van der Waals surface area contributed by atoms with Gasteiger partial charge in [-0.2, -0.15) is 0 Å². The predicted octanol–water partition coefficient (Wildman–Crippen LogP) is 5.58. The van der Waals surface area contributed by atoms with Crippen molar-refractivity contribution < 1.29 is 9.53 Å². The maximum absolute atomic E-state index is 11.4. The summed E-state index contributed by atoms with van der Waals surface area (Å²) in [6.07, 6.45) is 2.75. The van der Waals surface area contributed by atoms with Crippen LogP contribution in [0.5, 0.6) is 5.75 Å². The number of amides is 2. The van der Waals surface area contributed by atoms with Gasteiger partial charge in [0.25, 0.3) is 0 Å². The van der Waals surface area contributed by atoms with Crippen LogP contribution in [0.4, 0.5) is 16.2 Å². The molecule has 0 radical (unpaired) electrons. The van der Waals surface area contributed by atoms with Crippen molar-refractivity contribution in [2.75, 3.05) is 9.62 Å². The number of carbonyl (C=O) groups is 1. The number of fused-ring (bicyclic) bond motifs is 1. The van der Waals surface area contributed by atoms with Gasteiger partial charge in [0.15, 0.2) is 6.23 Å². The summed E-state index contributed by atoms with van der Waals surface area (Å²) < 4.78 is 7.31. The standard InChI is InChI=1S/C22H25N3O2S/c1-2-3-14-21(24-20-13-6-9-16-8-4-5-12-19(16)20)27-18-11-7-10-17(15-18)25(28)22(23)26/h4-13,15,21,24,28H,2-3,14H2,1H3,(H2,23,26). The second-order valence-electron chi connectivity index (χ2n) is 6.57. The third-order valence-electron chi connectivity index (χ3n) is 4.48. The van der Waals surface area contributed by atoms with Gasteiger partial charge in [0.2, 0.25) is 0 Å². The molecule has 0 aliphatic rings. The molecule has 6 heteroatoms. The molecule has 3 aromatic rings. The van der Waals surface area contributed by atoms with Crippen molar-refractivity contribution >= 4 is 41.0 Å². The van der Waals surface area contributed by atoms with E-state index >= 15 is 0 Å². The number of anilines is 2. The number of ether oxygens (including phenoxy) is 1. The minimum Gasteiger partial charge on any atom is -0.471 e. The van der Waals surface area contributed by atoms with Crippen molar-refractivity contribution in [3.05, 3.63) is 66.7 Å². The number of nitrogens with one attached hydrogen (secondary N) is 1. The Bertz CT molecular complexity index is 942. The van der Waals surface area contributed by atoms with Crippen molar-refractivity contribution in [1.29, 1.82) is 0 Å². The number of thiol groups is 1. The molecule has 3 aromatic carbocycles. The molecular weight excluding hydrogens is 370 g/mol. The fourth-order valence-electron chi connectivity index (χ4n) is 3.05. The average molecular weight is 396 g/mol. The van der Waals surface area contributed by atoms with Crippen LogP contribution in [-0.2, 0) is 0 Å². The molecule has 0 aromatic heterocycles. The van der Waals surface area contributed by atoms with E-state index in [9.17, 15) is 4.79 Å².